The molecule has 3 nitrogen and oxygen atoms in total. The van der Waals surface area contributed by atoms with Gasteiger partial charge in [-0.2, -0.15) is 0 Å². The van der Waals surface area contributed by atoms with E-state index >= 15 is 0 Å². The van der Waals surface area contributed by atoms with E-state index in [1.54, 1.807) is 0 Å². The summed E-state index contributed by atoms with van der Waals surface area (Å²) >= 11 is 0. The molecular formula is C16H27N3. The van der Waals surface area contributed by atoms with Crippen LogP contribution >= 0.6 is 0 Å². The van der Waals surface area contributed by atoms with Gasteiger partial charge in [0.05, 0.1) is 5.69 Å². The van der Waals surface area contributed by atoms with Crippen molar-refractivity contribution in [2.24, 2.45) is 0 Å². The standard InChI is InChI=1S/C16H27N3/c1-2-7-14-18-15(12-8-5-3-4-6-9-12)16(17)19(14)13-10-11-13/h12-13H,2-11,17H2,1H3. The highest BCUT2D eigenvalue weighted by Crippen LogP contribution is 2.42. The largest absolute Gasteiger partial charge is 0.384 e. The summed E-state index contributed by atoms with van der Waals surface area (Å²) in [6.07, 6.45) is 12.9. The Morgan fingerprint density at radius 1 is 1.11 bits per heavy atom. The highest BCUT2D eigenvalue weighted by molar-refractivity contribution is 5.42. The molecule has 1 aromatic rings. The molecule has 2 aliphatic rings. The summed E-state index contributed by atoms with van der Waals surface area (Å²) in [5.74, 6) is 2.87. The number of nitrogens with zero attached hydrogens (tertiary/aromatic N) is 2. The van der Waals surface area contributed by atoms with Crippen LogP contribution in [0.4, 0.5) is 5.82 Å². The lowest BCUT2D eigenvalue weighted by atomic mass is 9.96. The monoisotopic (exact) mass is 261 g/mol. The predicted octanol–water partition coefficient (Wildman–Crippen LogP) is 4.19. The summed E-state index contributed by atoms with van der Waals surface area (Å²) in [5.41, 5.74) is 7.69. The fraction of sp³-hybridized carbons (Fsp3) is 0.812. The average molecular weight is 261 g/mol. The SMILES string of the molecule is CCCc1nc(C2CCCCCC2)c(N)n1C1CC1. The van der Waals surface area contributed by atoms with E-state index in [1.807, 2.05) is 0 Å². The Kier molecular flexibility index (Phi) is 3.81. The second kappa shape index (κ2) is 5.56. The van der Waals surface area contributed by atoms with E-state index < -0.39 is 0 Å². The van der Waals surface area contributed by atoms with Crippen molar-refractivity contribution in [1.29, 1.82) is 0 Å². The molecule has 0 spiro atoms. The molecule has 19 heavy (non-hydrogen) atoms. The molecule has 0 saturated heterocycles. The number of aryl methyl sites for hydroxylation is 1. The molecule has 0 aliphatic heterocycles. The Morgan fingerprint density at radius 3 is 2.37 bits per heavy atom. The van der Waals surface area contributed by atoms with Gasteiger partial charge in [-0.1, -0.05) is 32.6 Å². The van der Waals surface area contributed by atoms with Crippen molar-refractivity contribution in [3.05, 3.63) is 11.5 Å². The molecule has 1 heterocycles. The van der Waals surface area contributed by atoms with E-state index in [4.69, 9.17) is 10.7 Å². The summed E-state index contributed by atoms with van der Waals surface area (Å²) in [7, 11) is 0. The molecule has 0 atom stereocenters. The van der Waals surface area contributed by atoms with Gasteiger partial charge in [-0.25, -0.2) is 4.98 Å². The summed E-state index contributed by atoms with van der Waals surface area (Å²) in [4.78, 5) is 4.96. The zero-order valence-corrected chi connectivity index (χ0v) is 12.2. The molecule has 0 amide bonds. The quantitative estimate of drug-likeness (QED) is 0.826. The van der Waals surface area contributed by atoms with Crippen LogP contribution in [0.3, 0.4) is 0 Å². The summed E-state index contributed by atoms with van der Waals surface area (Å²) in [5, 5.41) is 0. The third kappa shape index (κ3) is 2.65. The van der Waals surface area contributed by atoms with E-state index in [2.05, 4.69) is 11.5 Å². The highest BCUT2D eigenvalue weighted by atomic mass is 15.2. The van der Waals surface area contributed by atoms with E-state index in [9.17, 15) is 0 Å². The molecule has 2 N–H and O–H groups in total. The normalized spacial score (nSPS) is 21.5. The van der Waals surface area contributed by atoms with Gasteiger partial charge in [-0.15, -0.1) is 0 Å². The van der Waals surface area contributed by atoms with Crippen molar-refractivity contribution in [1.82, 2.24) is 9.55 Å². The van der Waals surface area contributed by atoms with Crippen LogP contribution in [0.15, 0.2) is 0 Å². The zero-order valence-electron chi connectivity index (χ0n) is 12.2. The number of aromatic nitrogens is 2. The smallest absolute Gasteiger partial charge is 0.127 e. The summed E-state index contributed by atoms with van der Waals surface area (Å²) < 4.78 is 2.36. The topological polar surface area (TPSA) is 43.8 Å². The Hall–Kier alpha value is -0.990. The number of nitrogens with two attached hydrogens (primary N) is 1. The Bertz CT molecular complexity index is 423. The molecule has 106 valence electrons. The summed E-state index contributed by atoms with van der Waals surface area (Å²) in [6, 6.07) is 0.661. The van der Waals surface area contributed by atoms with Gasteiger partial charge in [0.25, 0.3) is 0 Å². The second-order valence-electron chi connectivity index (χ2n) is 6.34. The van der Waals surface area contributed by atoms with Crippen molar-refractivity contribution in [2.45, 2.75) is 83.1 Å². The van der Waals surface area contributed by atoms with Gasteiger partial charge in [0.15, 0.2) is 0 Å². The van der Waals surface area contributed by atoms with E-state index in [-0.39, 0.29) is 0 Å². The highest BCUT2D eigenvalue weighted by Gasteiger charge is 2.31. The first-order valence-electron chi connectivity index (χ1n) is 8.17. The van der Waals surface area contributed by atoms with Crippen molar-refractivity contribution in [3.8, 4) is 0 Å². The molecule has 0 radical (unpaired) electrons. The molecule has 2 saturated carbocycles. The van der Waals surface area contributed by atoms with Gasteiger partial charge in [0, 0.05) is 18.4 Å². The summed E-state index contributed by atoms with van der Waals surface area (Å²) in [6.45, 7) is 2.23. The first-order chi connectivity index (χ1) is 9.31. The maximum atomic E-state index is 6.46. The molecular weight excluding hydrogens is 234 g/mol. The Balaban J connectivity index is 1.89. The third-order valence-corrected chi connectivity index (χ3v) is 4.68. The Morgan fingerprint density at radius 2 is 1.79 bits per heavy atom. The van der Waals surface area contributed by atoms with Crippen LogP contribution < -0.4 is 5.73 Å². The predicted molar refractivity (Wildman–Crippen MR) is 79.3 cm³/mol. The van der Waals surface area contributed by atoms with Gasteiger partial charge in [0.2, 0.25) is 0 Å². The van der Waals surface area contributed by atoms with Gasteiger partial charge in [-0.3, -0.25) is 0 Å². The van der Waals surface area contributed by atoms with Crippen LogP contribution in [0.5, 0.6) is 0 Å². The number of nitrogen functional groups attached to an aromatic ring is 1. The fourth-order valence-corrected chi connectivity index (χ4v) is 3.51. The van der Waals surface area contributed by atoms with Gasteiger partial charge in [-0.05, 0) is 32.1 Å². The van der Waals surface area contributed by atoms with Crippen LogP contribution in [0.2, 0.25) is 0 Å². The second-order valence-corrected chi connectivity index (χ2v) is 6.34. The minimum Gasteiger partial charge on any atom is -0.384 e. The lowest BCUT2D eigenvalue weighted by Gasteiger charge is -2.13. The number of hydrogen-bond donors (Lipinski definition) is 1. The van der Waals surface area contributed by atoms with Crippen LogP contribution in [0, 0.1) is 0 Å². The van der Waals surface area contributed by atoms with Crippen LogP contribution in [-0.2, 0) is 6.42 Å². The molecule has 2 aliphatic carbocycles. The van der Waals surface area contributed by atoms with Gasteiger partial charge in [0.1, 0.15) is 11.6 Å². The average Bonchev–Trinajstić information content (AvgIpc) is 3.20. The van der Waals surface area contributed by atoms with Crippen LogP contribution in [-0.4, -0.2) is 9.55 Å². The lowest BCUT2D eigenvalue weighted by Crippen LogP contribution is -2.06. The van der Waals surface area contributed by atoms with E-state index in [1.165, 1.54) is 62.9 Å². The first-order valence-corrected chi connectivity index (χ1v) is 8.17. The van der Waals surface area contributed by atoms with Crippen LogP contribution in [0.1, 0.15) is 88.2 Å². The molecule has 1 aromatic heterocycles. The minimum atomic E-state index is 0.623. The third-order valence-electron chi connectivity index (χ3n) is 4.68. The van der Waals surface area contributed by atoms with Crippen molar-refractivity contribution >= 4 is 5.82 Å². The number of imidazole rings is 1. The van der Waals surface area contributed by atoms with Gasteiger partial charge < -0.3 is 10.3 Å². The molecule has 2 fully saturated rings. The van der Waals surface area contributed by atoms with Crippen molar-refractivity contribution < 1.29 is 0 Å². The maximum Gasteiger partial charge on any atom is 0.127 e. The Labute approximate surface area is 116 Å². The van der Waals surface area contributed by atoms with E-state index in [0.29, 0.717) is 12.0 Å². The molecule has 3 rings (SSSR count). The minimum absolute atomic E-state index is 0.623. The fourth-order valence-electron chi connectivity index (χ4n) is 3.51. The number of hydrogen-bond acceptors (Lipinski definition) is 2. The molecule has 0 aromatic carbocycles. The van der Waals surface area contributed by atoms with Crippen molar-refractivity contribution in [3.63, 3.8) is 0 Å². The van der Waals surface area contributed by atoms with Crippen molar-refractivity contribution in [2.75, 3.05) is 5.73 Å². The lowest BCUT2D eigenvalue weighted by molar-refractivity contribution is 0.580. The van der Waals surface area contributed by atoms with Crippen LogP contribution in [0.25, 0.3) is 0 Å². The zero-order chi connectivity index (χ0) is 13.2. The maximum absolute atomic E-state index is 6.46. The number of anilines is 1. The van der Waals surface area contributed by atoms with E-state index in [0.717, 1.165) is 18.7 Å². The number of rotatable bonds is 4. The molecule has 0 unspecified atom stereocenters. The first kappa shape index (κ1) is 13.0. The molecule has 3 heteroatoms. The molecule has 0 bridgehead atoms. The van der Waals surface area contributed by atoms with Gasteiger partial charge >= 0.3 is 0 Å².